The first-order valence-electron chi connectivity index (χ1n) is 8.71. The summed E-state index contributed by atoms with van der Waals surface area (Å²) in [7, 11) is 1.63. The standard InChI is InChI=1S/C21H25Cl2NO3/c1-21(2,3)27-20(25)12-19(17-10-7-15(22)11-18(17)23)24-13-14-5-8-16(26-4)9-6-14/h5-11,19,24H,12-13H2,1-4H3/t19-/m1/s1. The highest BCUT2D eigenvalue weighted by Crippen LogP contribution is 2.29. The molecule has 0 heterocycles. The smallest absolute Gasteiger partial charge is 0.308 e. The van der Waals surface area contributed by atoms with Crippen LogP contribution < -0.4 is 10.1 Å². The predicted molar refractivity (Wildman–Crippen MR) is 109 cm³/mol. The third kappa shape index (κ3) is 7.06. The summed E-state index contributed by atoms with van der Waals surface area (Å²) in [5.41, 5.74) is 1.33. The van der Waals surface area contributed by atoms with Crippen LogP contribution in [0.15, 0.2) is 42.5 Å². The molecule has 0 aliphatic carbocycles. The predicted octanol–water partition coefficient (Wildman–Crippen LogP) is 5.56. The molecular formula is C21H25Cl2NO3. The maximum absolute atomic E-state index is 12.4. The van der Waals surface area contributed by atoms with Crippen molar-refractivity contribution in [2.24, 2.45) is 0 Å². The number of rotatable bonds is 7. The second-order valence-electron chi connectivity index (χ2n) is 7.24. The van der Waals surface area contributed by atoms with Crippen LogP contribution in [-0.4, -0.2) is 18.7 Å². The topological polar surface area (TPSA) is 47.6 Å². The second-order valence-corrected chi connectivity index (χ2v) is 8.08. The van der Waals surface area contributed by atoms with E-state index in [-0.39, 0.29) is 18.4 Å². The number of carbonyl (C=O) groups is 1. The van der Waals surface area contributed by atoms with Crippen LogP contribution in [0.4, 0.5) is 0 Å². The average molecular weight is 410 g/mol. The van der Waals surface area contributed by atoms with E-state index in [0.29, 0.717) is 16.6 Å². The molecule has 0 unspecified atom stereocenters. The molecule has 0 amide bonds. The zero-order valence-electron chi connectivity index (χ0n) is 16.0. The molecule has 6 heteroatoms. The van der Waals surface area contributed by atoms with E-state index in [2.05, 4.69) is 5.32 Å². The second kappa shape index (κ2) is 9.45. The van der Waals surface area contributed by atoms with Gasteiger partial charge in [0.1, 0.15) is 11.4 Å². The number of ether oxygens (including phenoxy) is 2. The van der Waals surface area contributed by atoms with Gasteiger partial charge in [-0.3, -0.25) is 4.79 Å². The van der Waals surface area contributed by atoms with Crippen LogP contribution in [0.5, 0.6) is 5.75 Å². The van der Waals surface area contributed by atoms with Gasteiger partial charge in [-0.05, 0) is 56.2 Å². The maximum Gasteiger partial charge on any atom is 0.308 e. The average Bonchev–Trinajstić information content (AvgIpc) is 2.58. The summed E-state index contributed by atoms with van der Waals surface area (Å²) in [6, 6.07) is 12.7. The first-order chi connectivity index (χ1) is 12.7. The third-order valence-corrected chi connectivity index (χ3v) is 4.40. The molecule has 0 saturated carbocycles. The SMILES string of the molecule is COc1ccc(CN[C@H](CC(=O)OC(C)(C)C)c2ccc(Cl)cc2Cl)cc1. The van der Waals surface area contributed by atoms with Crippen molar-refractivity contribution in [2.75, 3.05) is 7.11 Å². The van der Waals surface area contributed by atoms with Gasteiger partial charge in [-0.25, -0.2) is 0 Å². The number of hydrogen-bond acceptors (Lipinski definition) is 4. The molecule has 0 saturated heterocycles. The molecule has 0 bridgehead atoms. The van der Waals surface area contributed by atoms with Crippen molar-refractivity contribution in [2.45, 2.75) is 45.4 Å². The van der Waals surface area contributed by atoms with Gasteiger partial charge in [0, 0.05) is 22.6 Å². The number of halogens is 2. The lowest BCUT2D eigenvalue weighted by molar-refractivity contribution is -0.155. The van der Waals surface area contributed by atoms with Gasteiger partial charge in [-0.2, -0.15) is 0 Å². The lowest BCUT2D eigenvalue weighted by Crippen LogP contribution is -2.29. The summed E-state index contributed by atoms with van der Waals surface area (Å²) >= 11 is 12.4. The molecule has 1 atom stereocenters. The Morgan fingerprint density at radius 2 is 1.78 bits per heavy atom. The van der Waals surface area contributed by atoms with Crippen LogP contribution >= 0.6 is 23.2 Å². The number of esters is 1. The van der Waals surface area contributed by atoms with Gasteiger partial charge >= 0.3 is 5.97 Å². The number of nitrogens with one attached hydrogen (secondary N) is 1. The minimum Gasteiger partial charge on any atom is -0.497 e. The minimum absolute atomic E-state index is 0.161. The molecule has 2 rings (SSSR count). The van der Waals surface area contributed by atoms with Crippen molar-refractivity contribution >= 4 is 29.2 Å². The van der Waals surface area contributed by atoms with Gasteiger partial charge in [0.05, 0.1) is 13.5 Å². The summed E-state index contributed by atoms with van der Waals surface area (Å²) in [4.78, 5) is 12.4. The molecule has 2 aromatic carbocycles. The molecule has 1 N–H and O–H groups in total. The Kier molecular flexibility index (Phi) is 7.54. The number of benzene rings is 2. The van der Waals surface area contributed by atoms with E-state index < -0.39 is 5.60 Å². The molecule has 0 aliphatic rings. The molecule has 0 fully saturated rings. The van der Waals surface area contributed by atoms with Crippen LogP contribution in [0.25, 0.3) is 0 Å². The monoisotopic (exact) mass is 409 g/mol. The van der Waals surface area contributed by atoms with Gasteiger partial charge < -0.3 is 14.8 Å². The largest absolute Gasteiger partial charge is 0.497 e. The zero-order chi connectivity index (χ0) is 20.0. The number of methoxy groups -OCH3 is 1. The van der Waals surface area contributed by atoms with Gasteiger partial charge in [-0.1, -0.05) is 41.4 Å². The normalized spacial score (nSPS) is 12.5. The summed E-state index contributed by atoms with van der Waals surface area (Å²) in [6.45, 7) is 6.11. The minimum atomic E-state index is -0.540. The fraction of sp³-hybridized carbons (Fsp3) is 0.381. The van der Waals surface area contributed by atoms with Gasteiger partial charge in [0.15, 0.2) is 0 Å². The lowest BCUT2D eigenvalue weighted by Gasteiger charge is -2.24. The number of hydrogen-bond donors (Lipinski definition) is 1. The van der Waals surface area contributed by atoms with E-state index in [1.54, 1.807) is 19.2 Å². The van der Waals surface area contributed by atoms with Gasteiger partial charge in [0.2, 0.25) is 0 Å². The van der Waals surface area contributed by atoms with Crippen LogP contribution in [-0.2, 0) is 16.1 Å². The van der Waals surface area contributed by atoms with Crippen molar-refractivity contribution in [3.8, 4) is 5.75 Å². The molecule has 0 radical (unpaired) electrons. The molecule has 4 nitrogen and oxygen atoms in total. The van der Waals surface area contributed by atoms with E-state index in [9.17, 15) is 4.79 Å². The molecule has 27 heavy (non-hydrogen) atoms. The van der Waals surface area contributed by atoms with Crippen molar-refractivity contribution in [1.82, 2.24) is 5.32 Å². The first-order valence-corrected chi connectivity index (χ1v) is 9.46. The Balaban J connectivity index is 2.16. The van der Waals surface area contributed by atoms with Crippen molar-refractivity contribution in [3.63, 3.8) is 0 Å². The van der Waals surface area contributed by atoms with E-state index >= 15 is 0 Å². The van der Waals surface area contributed by atoms with E-state index in [4.69, 9.17) is 32.7 Å². The highest BCUT2D eigenvalue weighted by atomic mass is 35.5. The van der Waals surface area contributed by atoms with Crippen LogP contribution in [0.1, 0.15) is 44.4 Å². The lowest BCUT2D eigenvalue weighted by atomic mass is 10.0. The summed E-state index contributed by atoms with van der Waals surface area (Å²) in [5.74, 6) is 0.505. The molecular weight excluding hydrogens is 385 g/mol. The van der Waals surface area contributed by atoms with Crippen LogP contribution in [0.3, 0.4) is 0 Å². The van der Waals surface area contributed by atoms with Crippen molar-refractivity contribution < 1.29 is 14.3 Å². The summed E-state index contributed by atoms with van der Waals surface area (Å²) in [5, 5.41) is 4.46. The number of carbonyl (C=O) groups excluding carboxylic acids is 1. The highest BCUT2D eigenvalue weighted by Gasteiger charge is 2.23. The molecule has 146 valence electrons. The van der Waals surface area contributed by atoms with Gasteiger partial charge in [0.25, 0.3) is 0 Å². The highest BCUT2D eigenvalue weighted by molar-refractivity contribution is 6.35. The first kappa shape index (κ1) is 21.5. The van der Waals surface area contributed by atoms with Crippen LogP contribution in [0.2, 0.25) is 10.0 Å². The zero-order valence-corrected chi connectivity index (χ0v) is 17.5. The maximum atomic E-state index is 12.4. The molecule has 2 aromatic rings. The van der Waals surface area contributed by atoms with Gasteiger partial charge in [-0.15, -0.1) is 0 Å². The Morgan fingerprint density at radius 3 is 2.33 bits per heavy atom. The Bertz CT molecular complexity index is 770. The fourth-order valence-corrected chi connectivity index (χ4v) is 3.15. The molecule has 0 aliphatic heterocycles. The molecule has 0 aromatic heterocycles. The van der Waals surface area contributed by atoms with E-state index in [1.807, 2.05) is 51.1 Å². The summed E-state index contributed by atoms with van der Waals surface area (Å²) in [6.07, 6.45) is 0.161. The third-order valence-electron chi connectivity index (χ3n) is 3.84. The Hall–Kier alpha value is -1.75. The van der Waals surface area contributed by atoms with E-state index in [0.717, 1.165) is 16.9 Å². The van der Waals surface area contributed by atoms with Crippen molar-refractivity contribution in [1.29, 1.82) is 0 Å². The summed E-state index contributed by atoms with van der Waals surface area (Å²) < 4.78 is 10.6. The fourth-order valence-electron chi connectivity index (χ4n) is 2.61. The Labute approximate surface area is 170 Å². The van der Waals surface area contributed by atoms with Crippen molar-refractivity contribution in [3.05, 3.63) is 63.6 Å². The molecule has 0 spiro atoms. The Morgan fingerprint density at radius 1 is 1.11 bits per heavy atom. The van der Waals surface area contributed by atoms with E-state index in [1.165, 1.54) is 0 Å². The quantitative estimate of drug-likeness (QED) is 0.607. The van der Waals surface area contributed by atoms with Crippen LogP contribution in [0, 0.1) is 0 Å².